The van der Waals surface area contributed by atoms with Gasteiger partial charge in [0.25, 0.3) is 0 Å². The maximum Gasteiger partial charge on any atom is 0.149 e. The van der Waals surface area contributed by atoms with Crippen LogP contribution < -0.4 is 5.32 Å². The summed E-state index contributed by atoms with van der Waals surface area (Å²) in [5.74, 6) is -1.13. The molecule has 2 aromatic carbocycles. The van der Waals surface area contributed by atoms with E-state index in [0.717, 1.165) is 17.5 Å². The summed E-state index contributed by atoms with van der Waals surface area (Å²) in [6, 6.07) is 11.7. The molecule has 0 saturated carbocycles. The number of anilines is 1. The van der Waals surface area contributed by atoms with Crippen molar-refractivity contribution < 1.29 is 8.78 Å². The van der Waals surface area contributed by atoms with Crippen LogP contribution in [0, 0.1) is 18.6 Å². The van der Waals surface area contributed by atoms with Gasteiger partial charge < -0.3 is 5.32 Å². The smallest absolute Gasteiger partial charge is 0.149 e. The minimum atomic E-state index is -0.564. The molecule has 0 aliphatic heterocycles. The van der Waals surface area contributed by atoms with Crippen molar-refractivity contribution in [2.75, 3.05) is 5.32 Å². The van der Waals surface area contributed by atoms with Gasteiger partial charge in [0.15, 0.2) is 0 Å². The molecule has 100 valence electrons. The molecule has 0 aliphatic carbocycles. The van der Waals surface area contributed by atoms with Crippen molar-refractivity contribution in [3.05, 3.63) is 65.2 Å². The van der Waals surface area contributed by atoms with Crippen molar-refractivity contribution in [1.82, 2.24) is 0 Å². The van der Waals surface area contributed by atoms with Crippen LogP contribution in [0.2, 0.25) is 0 Å². The molecule has 0 radical (unpaired) electrons. The van der Waals surface area contributed by atoms with Crippen molar-refractivity contribution >= 4 is 5.69 Å². The molecule has 0 aliphatic rings. The Morgan fingerprint density at radius 3 is 2.11 bits per heavy atom. The number of rotatable bonds is 4. The van der Waals surface area contributed by atoms with Gasteiger partial charge in [-0.05, 0) is 31.0 Å². The zero-order valence-corrected chi connectivity index (χ0v) is 11.1. The van der Waals surface area contributed by atoms with E-state index in [2.05, 4.69) is 5.32 Å². The molecule has 3 heteroatoms. The molecule has 0 saturated heterocycles. The molecule has 1 atom stereocenters. The van der Waals surface area contributed by atoms with E-state index in [-0.39, 0.29) is 11.7 Å². The summed E-state index contributed by atoms with van der Waals surface area (Å²) in [5, 5.41) is 2.95. The van der Waals surface area contributed by atoms with Gasteiger partial charge in [0.05, 0.1) is 6.04 Å². The molecule has 0 bridgehead atoms. The van der Waals surface area contributed by atoms with Gasteiger partial charge in [0, 0.05) is 0 Å². The van der Waals surface area contributed by atoms with Crippen LogP contribution in [-0.4, -0.2) is 0 Å². The first-order chi connectivity index (χ1) is 9.11. The van der Waals surface area contributed by atoms with Gasteiger partial charge in [-0.15, -0.1) is 0 Å². The standard InChI is InChI=1S/C16H17F2N/c1-3-15(12-9-7-11(2)8-10-12)19-16-13(17)5-4-6-14(16)18/h4-10,15,19H,3H2,1-2H3. The Hall–Kier alpha value is -1.90. The quantitative estimate of drug-likeness (QED) is 0.830. The number of aryl methyl sites for hydroxylation is 1. The van der Waals surface area contributed by atoms with Gasteiger partial charge in [0.2, 0.25) is 0 Å². The molecule has 1 nitrogen and oxygen atoms in total. The van der Waals surface area contributed by atoms with E-state index in [9.17, 15) is 8.78 Å². The van der Waals surface area contributed by atoms with Gasteiger partial charge in [-0.2, -0.15) is 0 Å². The number of halogens is 2. The van der Waals surface area contributed by atoms with E-state index in [1.807, 2.05) is 38.1 Å². The molecule has 1 unspecified atom stereocenters. The largest absolute Gasteiger partial charge is 0.374 e. The van der Waals surface area contributed by atoms with Crippen LogP contribution in [0.15, 0.2) is 42.5 Å². The third-order valence-electron chi connectivity index (χ3n) is 3.17. The summed E-state index contributed by atoms with van der Waals surface area (Å²) in [6.45, 7) is 3.99. The number of nitrogens with one attached hydrogen (secondary N) is 1. The summed E-state index contributed by atoms with van der Waals surface area (Å²) in [7, 11) is 0. The fraction of sp³-hybridized carbons (Fsp3) is 0.250. The predicted octanol–water partition coefficient (Wildman–Crippen LogP) is 4.84. The SMILES string of the molecule is CCC(Nc1c(F)cccc1F)c1ccc(C)cc1. The Kier molecular flexibility index (Phi) is 4.15. The van der Waals surface area contributed by atoms with Gasteiger partial charge >= 0.3 is 0 Å². The summed E-state index contributed by atoms with van der Waals surface area (Å²) in [6.07, 6.45) is 0.747. The Bertz CT molecular complexity index is 529. The van der Waals surface area contributed by atoms with E-state index in [0.29, 0.717) is 0 Å². The molecule has 0 amide bonds. The first-order valence-corrected chi connectivity index (χ1v) is 6.39. The van der Waals surface area contributed by atoms with Crippen molar-refractivity contribution in [3.8, 4) is 0 Å². The van der Waals surface area contributed by atoms with E-state index in [1.165, 1.54) is 18.2 Å². The summed E-state index contributed by atoms with van der Waals surface area (Å²) < 4.78 is 27.2. The monoisotopic (exact) mass is 261 g/mol. The van der Waals surface area contributed by atoms with Crippen LogP contribution in [0.4, 0.5) is 14.5 Å². The van der Waals surface area contributed by atoms with E-state index in [1.54, 1.807) is 0 Å². The minimum absolute atomic E-state index is 0.0603. The molecule has 0 heterocycles. The maximum absolute atomic E-state index is 13.6. The zero-order valence-electron chi connectivity index (χ0n) is 11.1. The van der Waals surface area contributed by atoms with Crippen LogP contribution in [0.1, 0.15) is 30.5 Å². The molecule has 0 fully saturated rings. The van der Waals surface area contributed by atoms with Crippen molar-refractivity contribution in [3.63, 3.8) is 0 Å². The van der Waals surface area contributed by atoms with Crippen LogP contribution in [0.3, 0.4) is 0 Å². The molecule has 0 aromatic heterocycles. The van der Waals surface area contributed by atoms with Crippen molar-refractivity contribution in [2.24, 2.45) is 0 Å². The lowest BCUT2D eigenvalue weighted by molar-refractivity contribution is 0.581. The number of para-hydroxylation sites is 1. The van der Waals surface area contributed by atoms with Crippen LogP contribution in [0.25, 0.3) is 0 Å². The molecular weight excluding hydrogens is 244 g/mol. The highest BCUT2D eigenvalue weighted by atomic mass is 19.1. The Balaban J connectivity index is 2.26. The maximum atomic E-state index is 13.6. The molecule has 2 rings (SSSR count). The molecule has 1 N–H and O–H groups in total. The fourth-order valence-corrected chi connectivity index (χ4v) is 2.03. The Morgan fingerprint density at radius 1 is 1.00 bits per heavy atom. The fourth-order valence-electron chi connectivity index (χ4n) is 2.03. The molecule has 0 spiro atoms. The molecular formula is C16H17F2N. The summed E-state index contributed by atoms with van der Waals surface area (Å²) in [5.41, 5.74) is 2.13. The zero-order chi connectivity index (χ0) is 13.8. The van der Waals surface area contributed by atoms with E-state index >= 15 is 0 Å². The van der Waals surface area contributed by atoms with E-state index in [4.69, 9.17) is 0 Å². The second kappa shape index (κ2) is 5.83. The second-order valence-corrected chi connectivity index (χ2v) is 4.61. The second-order valence-electron chi connectivity index (χ2n) is 4.61. The molecule has 19 heavy (non-hydrogen) atoms. The summed E-state index contributed by atoms with van der Waals surface area (Å²) in [4.78, 5) is 0. The first-order valence-electron chi connectivity index (χ1n) is 6.39. The van der Waals surface area contributed by atoms with Gasteiger partial charge in [-0.3, -0.25) is 0 Å². The first kappa shape index (κ1) is 13.5. The number of hydrogen-bond donors (Lipinski definition) is 1. The third kappa shape index (κ3) is 3.11. The highest BCUT2D eigenvalue weighted by Gasteiger charge is 2.14. The van der Waals surface area contributed by atoms with Crippen LogP contribution in [-0.2, 0) is 0 Å². The van der Waals surface area contributed by atoms with Crippen LogP contribution in [0.5, 0.6) is 0 Å². The molecule has 2 aromatic rings. The Labute approximate surface area is 112 Å². The van der Waals surface area contributed by atoms with Gasteiger partial charge in [-0.1, -0.05) is 42.8 Å². The summed E-state index contributed by atoms with van der Waals surface area (Å²) >= 11 is 0. The lowest BCUT2D eigenvalue weighted by Crippen LogP contribution is -2.12. The Morgan fingerprint density at radius 2 is 1.58 bits per heavy atom. The van der Waals surface area contributed by atoms with Gasteiger partial charge in [0.1, 0.15) is 17.3 Å². The topological polar surface area (TPSA) is 12.0 Å². The predicted molar refractivity (Wildman–Crippen MR) is 74.2 cm³/mol. The third-order valence-corrected chi connectivity index (χ3v) is 3.17. The average molecular weight is 261 g/mol. The number of benzene rings is 2. The highest BCUT2D eigenvalue weighted by molar-refractivity contribution is 5.48. The van der Waals surface area contributed by atoms with Crippen molar-refractivity contribution in [2.45, 2.75) is 26.3 Å². The van der Waals surface area contributed by atoms with E-state index < -0.39 is 11.6 Å². The lowest BCUT2D eigenvalue weighted by Gasteiger charge is -2.19. The normalized spacial score (nSPS) is 12.2. The van der Waals surface area contributed by atoms with Gasteiger partial charge in [-0.25, -0.2) is 8.78 Å². The highest BCUT2D eigenvalue weighted by Crippen LogP contribution is 2.26. The number of hydrogen-bond acceptors (Lipinski definition) is 1. The van der Waals surface area contributed by atoms with Crippen molar-refractivity contribution in [1.29, 1.82) is 0 Å². The minimum Gasteiger partial charge on any atom is -0.374 e. The average Bonchev–Trinajstić information content (AvgIpc) is 2.40. The van der Waals surface area contributed by atoms with Crippen LogP contribution >= 0.6 is 0 Å². The lowest BCUT2D eigenvalue weighted by atomic mass is 10.0.